The zero-order valence-corrected chi connectivity index (χ0v) is 17.5. The number of carbonyl (C=O) groups is 2. The van der Waals surface area contributed by atoms with Gasteiger partial charge in [0.15, 0.2) is 0 Å². The molecule has 1 amide bonds. The summed E-state index contributed by atoms with van der Waals surface area (Å²) in [7, 11) is 1.91. The Bertz CT molecular complexity index is 919. The van der Waals surface area contributed by atoms with Crippen LogP contribution in [0.5, 0.6) is 0 Å². The number of fused-ring (bicyclic) bond motifs is 1. The van der Waals surface area contributed by atoms with E-state index in [1.165, 1.54) is 0 Å². The van der Waals surface area contributed by atoms with E-state index in [4.69, 9.17) is 14.6 Å². The predicted molar refractivity (Wildman–Crippen MR) is 109 cm³/mol. The molecule has 2 fully saturated rings. The molecule has 2 aliphatic rings. The average molecular weight is 454 g/mol. The van der Waals surface area contributed by atoms with Crippen LogP contribution in [0.4, 0.5) is 19.0 Å². The van der Waals surface area contributed by atoms with Gasteiger partial charge in [0.2, 0.25) is 0 Å². The lowest BCUT2D eigenvalue weighted by molar-refractivity contribution is -0.192. The second kappa shape index (κ2) is 10.0. The van der Waals surface area contributed by atoms with Crippen LogP contribution >= 0.6 is 0 Å². The highest BCUT2D eigenvalue weighted by molar-refractivity contribution is 5.93. The number of carbonyl (C=O) groups excluding carboxylic acids is 1. The zero-order chi connectivity index (χ0) is 23.3. The normalized spacial score (nSPS) is 22.9. The van der Waals surface area contributed by atoms with Crippen molar-refractivity contribution in [2.45, 2.75) is 31.2 Å². The van der Waals surface area contributed by atoms with Crippen molar-refractivity contribution in [2.75, 3.05) is 25.0 Å². The summed E-state index contributed by atoms with van der Waals surface area (Å²) in [6, 6.07) is 9.66. The van der Waals surface area contributed by atoms with Gasteiger partial charge in [-0.15, -0.1) is 0 Å². The van der Waals surface area contributed by atoms with E-state index < -0.39 is 12.1 Å². The van der Waals surface area contributed by atoms with Crippen LogP contribution in [0.15, 0.2) is 42.7 Å². The van der Waals surface area contributed by atoms with Crippen LogP contribution in [0.1, 0.15) is 23.3 Å². The van der Waals surface area contributed by atoms with Crippen molar-refractivity contribution in [3.63, 3.8) is 0 Å². The zero-order valence-electron chi connectivity index (χ0n) is 17.5. The summed E-state index contributed by atoms with van der Waals surface area (Å²) in [5.41, 5.74) is 0.728. The van der Waals surface area contributed by atoms with Crippen LogP contribution in [0.2, 0.25) is 0 Å². The molecule has 0 spiro atoms. The Morgan fingerprint density at radius 3 is 2.56 bits per heavy atom. The molecular formula is C21H25F3N4O4. The molecular weight excluding hydrogens is 429 g/mol. The van der Waals surface area contributed by atoms with E-state index in [9.17, 15) is 18.0 Å². The van der Waals surface area contributed by atoms with E-state index >= 15 is 0 Å². The molecule has 174 valence electrons. The molecule has 3 atom stereocenters. The molecule has 2 aromatic rings. The van der Waals surface area contributed by atoms with Crippen LogP contribution in [0.25, 0.3) is 0 Å². The number of amides is 1. The Morgan fingerprint density at radius 1 is 1.22 bits per heavy atom. The molecule has 0 unspecified atom stereocenters. The second-order valence-electron chi connectivity index (χ2n) is 7.72. The van der Waals surface area contributed by atoms with Crippen LogP contribution in [-0.4, -0.2) is 69.5 Å². The summed E-state index contributed by atoms with van der Waals surface area (Å²) in [6.45, 7) is 2.18. The van der Waals surface area contributed by atoms with Crippen molar-refractivity contribution in [1.29, 1.82) is 0 Å². The van der Waals surface area contributed by atoms with Crippen molar-refractivity contribution in [1.82, 2.24) is 14.5 Å². The first kappa shape index (κ1) is 23.6. The van der Waals surface area contributed by atoms with Crippen molar-refractivity contribution in [3.8, 4) is 0 Å². The van der Waals surface area contributed by atoms with Gasteiger partial charge in [0.1, 0.15) is 11.5 Å². The molecule has 2 saturated heterocycles. The molecule has 8 nitrogen and oxygen atoms in total. The molecule has 2 aliphatic heterocycles. The number of aryl methyl sites for hydroxylation is 1. The van der Waals surface area contributed by atoms with E-state index in [-0.39, 0.29) is 18.1 Å². The number of alkyl halides is 3. The molecule has 0 aromatic carbocycles. The number of rotatable bonds is 3. The highest BCUT2D eigenvalue weighted by Gasteiger charge is 2.41. The summed E-state index contributed by atoms with van der Waals surface area (Å²) >= 11 is 0. The molecule has 0 radical (unpaired) electrons. The minimum atomic E-state index is -5.08. The number of hydrogen-bond donors (Lipinski definition) is 2. The SMILES string of the molecule is Cn1cccc1C(=O)N1C[C@@H]2CCCO[C@@H]2[C@H](Nc2ccccn2)C1.O=C(O)C(F)(F)F. The van der Waals surface area contributed by atoms with Crippen LogP contribution in [-0.2, 0) is 16.6 Å². The molecule has 0 saturated carbocycles. The Kier molecular flexibility index (Phi) is 7.39. The highest BCUT2D eigenvalue weighted by atomic mass is 19.4. The summed E-state index contributed by atoms with van der Waals surface area (Å²) < 4.78 is 39.7. The van der Waals surface area contributed by atoms with Crippen molar-refractivity contribution < 1.29 is 32.6 Å². The number of halogens is 3. The molecule has 2 aromatic heterocycles. The molecule has 11 heteroatoms. The number of aromatic nitrogens is 2. The van der Waals surface area contributed by atoms with E-state index in [1.54, 1.807) is 6.20 Å². The smallest absolute Gasteiger partial charge is 0.475 e. The van der Waals surface area contributed by atoms with E-state index in [0.29, 0.717) is 12.5 Å². The quantitative estimate of drug-likeness (QED) is 0.741. The van der Waals surface area contributed by atoms with Gasteiger partial charge in [0.05, 0.1) is 12.1 Å². The number of anilines is 1. The monoisotopic (exact) mass is 454 g/mol. The fourth-order valence-corrected chi connectivity index (χ4v) is 3.98. The van der Waals surface area contributed by atoms with Crippen molar-refractivity contribution in [2.24, 2.45) is 13.0 Å². The first-order valence-electron chi connectivity index (χ1n) is 10.2. The highest BCUT2D eigenvalue weighted by Crippen LogP contribution is 2.30. The number of aliphatic carboxylic acids is 1. The number of piperidine rings is 1. The van der Waals surface area contributed by atoms with Gasteiger partial charge in [0, 0.05) is 45.1 Å². The standard InChI is InChI=1S/C19H24N4O2.C2HF3O2/c1-22-10-4-7-16(22)19(24)23-12-14-6-5-11-25-18(14)15(13-23)21-17-8-2-3-9-20-17;3-2(4,5)1(6)7/h2-4,7-10,14-15,18H,5-6,11-13H2,1H3,(H,20,21);(H,6,7)/t14-,15+,18-;/m0./s1. The fourth-order valence-electron chi connectivity index (χ4n) is 3.98. The maximum absolute atomic E-state index is 13.0. The lowest BCUT2D eigenvalue weighted by Crippen LogP contribution is -2.59. The maximum atomic E-state index is 13.0. The summed E-state index contributed by atoms with van der Waals surface area (Å²) in [5.74, 6) is -1.47. The Balaban J connectivity index is 0.000000360. The minimum absolute atomic E-state index is 0.0539. The number of carboxylic acid groups (broad SMARTS) is 1. The van der Waals surface area contributed by atoms with Gasteiger partial charge in [-0.25, -0.2) is 9.78 Å². The number of carboxylic acids is 1. The lowest BCUT2D eigenvalue weighted by atomic mass is 9.85. The number of ether oxygens (including phenoxy) is 1. The van der Waals surface area contributed by atoms with Crippen LogP contribution < -0.4 is 5.32 Å². The topological polar surface area (TPSA) is 96.7 Å². The first-order valence-corrected chi connectivity index (χ1v) is 10.2. The predicted octanol–water partition coefficient (Wildman–Crippen LogP) is 2.79. The third kappa shape index (κ3) is 5.78. The molecule has 0 aliphatic carbocycles. The molecule has 32 heavy (non-hydrogen) atoms. The number of nitrogens with zero attached hydrogens (tertiary/aromatic N) is 3. The second-order valence-corrected chi connectivity index (χ2v) is 7.72. The van der Waals surface area contributed by atoms with Gasteiger partial charge < -0.3 is 24.6 Å². The summed E-state index contributed by atoms with van der Waals surface area (Å²) in [6.07, 6.45) is 0.893. The van der Waals surface area contributed by atoms with Gasteiger partial charge in [-0.05, 0) is 37.1 Å². The van der Waals surface area contributed by atoms with Crippen molar-refractivity contribution >= 4 is 17.7 Å². The first-order chi connectivity index (χ1) is 15.2. The lowest BCUT2D eigenvalue weighted by Gasteiger charge is -2.46. The van der Waals surface area contributed by atoms with Crippen LogP contribution in [0.3, 0.4) is 0 Å². The maximum Gasteiger partial charge on any atom is 0.490 e. The van der Waals surface area contributed by atoms with Crippen molar-refractivity contribution in [3.05, 3.63) is 48.4 Å². The third-order valence-electron chi connectivity index (χ3n) is 5.45. The van der Waals surface area contributed by atoms with E-state index in [2.05, 4.69) is 10.3 Å². The Labute approximate surface area is 183 Å². The van der Waals surface area contributed by atoms with E-state index in [1.807, 2.05) is 53.0 Å². The molecule has 2 N–H and O–H groups in total. The molecule has 0 bridgehead atoms. The number of pyridine rings is 1. The Hall–Kier alpha value is -3.08. The van der Waals surface area contributed by atoms with E-state index in [0.717, 1.165) is 37.5 Å². The average Bonchev–Trinajstić information content (AvgIpc) is 3.19. The third-order valence-corrected chi connectivity index (χ3v) is 5.45. The number of likely N-dealkylation sites (tertiary alicyclic amines) is 1. The summed E-state index contributed by atoms with van der Waals surface area (Å²) in [5, 5.41) is 10.6. The Morgan fingerprint density at radius 2 is 1.97 bits per heavy atom. The largest absolute Gasteiger partial charge is 0.490 e. The fraction of sp³-hybridized carbons (Fsp3) is 0.476. The number of hydrogen-bond acceptors (Lipinski definition) is 5. The molecule has 4 heterocycles. The van der Waals surface area contributed by atoms with Gasteiger partial charge in [0.25, 0.3) is 5.91 Å². The van der Waals surface area contributed by atoms with Gasteiger partial charge in [-0.2, -0.15) is 13.2 Å². The van der Waals surface area contributed by atoms with Gasteiger partial charge in [-0.1, -0.05) is 6.07 Å². The van der Waals surface area contributed by atoms with Gasteiger partial charge >= 0.3 is 12.1 Å². The number of nitrogens with one attached hydrogen (secondary N) is 1. The molecule has 4 rings (SSSR count). The summed E-state index contributed by atoms with van der Waals surface area (Å²) in [4.78, 5) is 28.2. The van der Waals surface area contributed by atoms with Gasteiger partial charge in [-0.3, -0.25) is 4.79 Å². The van der Waals surface area contributed by atoms with Crippen LogP contribution in [0, 0.1) is 5.92 Å². The minimum Gasteiger partial charge on any atom is -0.475 e.